The van der Waals surface area contributed by atoms with E-state index in [-0.39, 0.29) is 48.6 Å². The fourth-order valence-electron chi connectivity index (χ4n) is 5.32. The molecule has 2 heterocycles. The van der Waals surface area contributed by atoms with E-state index in [0.29, 0.717) is 26.2 Å². The Hall–Kier alpha value is -2.29. The Morgan fingerprint density at radius 1 is 1.06 bits per heavy atom. The molecule has 8 nitrogen and oxygen atoms in total. The minimum absolute atomic E-state index is 0.0834. The summed E-state index contributed by atoms with van der Waals surface area (Å²) in [6.07, 6.45) is 3.00. The van der Waals surface area contributed by atoms with Crippen molar-refractivity contribution >= 4 is 17.7 Å². The average Bonchev–Trinajstić information content (AvgIpc) is 3.03. The van der Waals surface area contributed by atoms with E-state index >= 15 is 0 Å². The molecule has 0 spiro atoms. The number of benzene rings is 1. The van der Waals surface area contributed by atoms with Crippen molar-refractivity contribution in [3.63, 3.8) is 0 Å². The number of rotatable bonds is 6. The number of nitrogens with one attached hydrogen (secondary N) is 1. The van der Waals surface area contributed by atoms with Crippen molar-refractivity contribution in [1.82, 2.24) is 15.1 Å². The fourth-order valence-corrected chi connectivity index (χ4v) is 5.32. The molecule has 1 aromatic rings. The highest BCUT2D eigenvalue weighted by Gasteiger charge is 2.40. The molecule has 3 fully saturated rings. The molecule has 1 aliphatic carbocycles. The molecule has 3 atom stereocenters. The van der Waals surface area contributed by atoms with E-state index in [1.54, 1.807) is 0 Å². The Balaban J connectivity index is 1.47. The number of hydrogen-bond donors (Lipinski definition) is 2. The molecule has 174 valence electrons. The molecule has 2 N–H and O–H groups in total. The number of hydrogen-bond acceptors (Lipinski definition) is 6. The van der Waals surface area contributed by atoms with Crippen molar-refractivity contribution < 1.29 is 24.2 Å². The lowest BCUT2D eigenvalue weighted by Crippen LogP contribution is -2.48. The fraction of sp³-hybridized carbons (Fsp3) is 0.625. The van der Waals surface area contributed by atoms with Gasteiger partial charge in [-0.05, 0) is 31.2 Å². The first kappa shape index (κ1) is 22.9. The third kappa shape index (κ3) is 5.03. The van der Waals surface area contributed by atoms with Gasteiger partial charge in [0.05, 0.1) is 19.3 Å². The quantitative estimate of drug-likeness (QED) is 0.499. The third-order valence-electron chi connectivity index (χ3n) is 7.26. The summed E-state index contributed by atoms with van der Waals surface area (Å²) in [5.74, 6) is -0.888. The highest BCUT2D eigenvalue weighted by Crippen LogP contribution is 2.39. The van der Waals surface area contributed by atoms with Crippen molar-refractivity contribution in [2.24, 2.45) is 0 Å². The third-order valence-corrected chi connectivity index (χ3v) is 7.26. The number of amides is 3. The molecule has 2 aliphatic heterocycles. The van der Waals surface area contributed by atoms with Gasteiger partial charge in [-0.3, -0.25) is 24.2 Å². The molecule has 0 bridgehead atoms. The van der Waals surface area contributed by atoms with Crippen LogP contribution in [0.5, 0.6) is 0 Å². The van der Waals surface area contributed by atoms with Gasteiger partial charge in [0, 0.05) is 43.9 Å². The summed E-state index contributed by atoms with van der Waals surface area (Å²) in [4.78, 5) is 39.7. The molecule has 1 aromatic carbocycles. The zero-order valence-electron chi connectivity index (χ0n) is 18.5. The highest BCUT2D eigenvalue weighted by molar-refractivity contribution is 6.04. The van der Waals surface area contributed by atoms with Crippen molar-refractivity contribution in [3.8, 4) is 0 Å². The smallest absolute Gasteiger partial charge is 0.240 e. The standard InChI is InChI=1S/C24H33N3O5/c28-20-9-11-24(18-4-2-1-3-5-18,10-8-19(20)26-12-14-32-15-13-26)17-25-21(29)16-27-22(30)6-7-23(27)31/h1-5,19-20,28H,6-17H2,(H,25,29)/t19-,20-,24+/m0/s1. The lowest BCUT2D eigenvalue weighted by molar-refractivity contribution is -0.142. The van der Waals surface area contributed by atoms with Gasteiger partial charge >= 0.3 is 0 Å². The number of nitrogens with zero attached hydrogens (tertiary/aromatic N) is 2. The molecule has 4 rings (SSSR count). The van der Waals surface area contributed by atoms with Gasteiger partial charge in [-0.25, -0.2) is 0 Å². The molecule has 8 heteroatoms. The number of likely N-dealkylation sites (tertiary alicyclic amines) is 1. The molecule has 0 aromatic heterocycles. The van der Waals surface area contributed by atoms with Crippen LogP contribution in [0.15, 0.2) is 30.3 Å². The molecule has 0 radical (unpaired) electrons. The summed E-state index contributed by atoms with van der Waals surface area (Å²) in [6.45, 7) is 3.23. The van der Waals surface area contributed by atoms with Crippen LogP contribution in [0.4, 0.5) is 0 Å². The predicted octanol–water partition coefficient (Wildman–Crippen LogP) is 0.825. The van der Waals surface area contributed by atoms with Gasteiger partial charge in [0.2, 0.25) is 17.7 Å². The molecule has 0 unspecified atom stereocenters. The van der Waals surface area contributed by atoms with Gasteiger partial charge in [0.15, 0.2) is 0 Å². The molecule has 1 saturated carbocycles. The molecule has 32 heavy (non-hydrogen) atoms. The van der Waals surface area contributed by atoms with Crippen LogP contribution < -0.4 is 5.32 Å². The van der Waals surface area contributed by atoms with Crippen LogP contribution in [0.1, 0.15) is 44.1 Å². The minimum Gasteiger partial charge on any atom is -0.391 e. The Morgan fingerprint density at radius 2 is 1.72 bits per heavy atom. The second-order valence-corrected chi connectivity index (χ2v) is 9.16. The first-order valence-electron chi connectivity index (χ1n) is 11.6. The van der Waals surface area contributed by atoms with Crippen LogP contribution in [0.25, 0.3) is 0 Å². The number of ether oxygens (including phenoxy) is 1. The molecular formula is C24H33N3O5. The first-order valence-corrected chi connectivity index (χ1v) is 11.6. The number of imide groups is 1. The van der Waals surface area contributed by atoms with Crippen LogP contribution in [0.2, 0.25) is 0 Å². The Kier molecular flexibility index (Phi) is 7.23. The van der Waals surface area contributed by atoms with Crippen LogP contribution in [0, 0.1) is 0 Å². The Bertz CT molecular complexity index is 810. The minimum atomic E-state index is -0.422. The molecular weight excluding hydrogens is 410 g/mol. The summed E-state index contributed by atoms with van der Waals surface area (Å²) in [7, 11) is 0. The largest absolute Gasteiger partial charge is 0.391 e. The summed E-state index contributed by atoms with van der Waals surface area (Å²) < 4.78 is 5.48. The van der Waals surface area contributed by atoms with Crippen molar-refractivity contribution in [1.29, 1.82) is 0 Å². The second kappa shape index (κ2) is 10.1. The van der Waals surface area contributed by atoms with Crippen molar-refractivity contribution in [2.75, 3.05) is 39.4 Å². The number of carbonyl (C=O) groups is 3. The molecule has 2 saturated heterocycles. The summed E-state index contributed by atoms with van der Waals surface area (Å²) in [5, 5.41) is 14.0. The van der Waals surface area contributed by atoms with Crippen molar-refractivity contribution in [2.45, 2.75) is 56.1 Å². The second-order valence-electron chi connectivity index (χ2n) is 9.16. The van der Waals surface area contributed by atoms with E-state index in [4.69, 9.17) is 4.74 Å². The summed E-state index contributed by atoms with van der Waals surface area (Å²) >= 11 is 0. The van der Waals surface area contributed by atoms with Crippen molar-refractivity contribution in [3.05, 3.63) is 35.9 Å². The van der Waals surface area contributed by atoms with E-state index < -0.39 is 6.10 Å². The normalized spacial score (nSPS) is 29.7. The maximum absolute atomic E-state index is 12.6. The SMILES string of the molecule is O=C(CN1C(=O)CCC1=O)NC[C@]1(c2ccccc2)CC[C@H](O)[C@@H](N2CCOCC2)CC1. The van der Waals surface area contributed by atoms with Crippen LogP contribution in [-0.4, -0.2) is 84.2 Å². The van der Waals surface area contributed by atoms with Gasteiger partial charge in [0.25, 0.3) is 0 Å². The number of aliphatic hydroxyl groups excluding tert-OH is 1. The average molecular weight is 444 g/mol. The van der Waals surface area contributed by atoms with E-state index in [0.717, 1.165) is 42.8 Å². The van der Waals surface area contributed by atoms with E-state index in [9.17, 15) is 19.5 Å². The van der Waals surface area contributed by atoms with Gasteiger partial charge in [-0.15, -0.1) is 0 Å². The van der Waals surface area contributed by atoms with Crippen LogP contribution in [-0.2, 0) is 24.5 Å². The predicted molar refractivity (Wildman–Crippen MR) is 118 cm³/mol. The number of carbonyl (C=O) groups excluding carboxylic acids is 3. The van der Waals surface area contributed by atoms with Gasteiger partial charge in [-0.2, -0.15) is 0 Å². The van der Waals surface area contributed by atoms with Crippen LogP contribution in [0.3, 0.4) is 0 Å². The lowest BCUT2D eigenvalue weighted by Gasteiger charge is -2.37. The monoisotopic (exact) mass is 443 g/mol. The topological polar surface area (TPSA) is 99.2 Å². The number of aliphatic hydroxyl groups is 1. The molecule has 3 amide bonds. The number of morpholine rings is 1. The summed E-state index contributed by atoms with van der Waals surface area (Å²) in [6, 6.07) is 10.2. The zero-order chi connectivity index (χ0) is 22.6. The van der Waals surface area contributed by atoms with E-state index in [2.05, 4.69) is 22.3 Å². The summed E-state index contributed by atoms with van der Waals surface area (Å²) in [5.41, 5.74) is 0.835. The van der Waals surface area contributed by atoms with Gasteiger partial charge in [-0.1, -0.05) is 30.3 Å². The van der Waals surface area contributed by atoms with E-state index in [1.807, 2.05) is 18.2 Å². The van der Waals surface area contributed by atoms with Gasteiger partial charge < -0.3 is 15.2 Å². The Labute approximate surface area is 188 Å². The van der Waals surface area contributed by atoms with Crippen LogP contribution >= 0.6 is 0 Å². The zero-order valence-corrected chi connectivity index (χ0v) is 18.5. The highest BCUT2D eigenvalue weighted by atomic mass is 16.5. The maximum Gasteiger partial charge on any atom is 0.240 e. The Morgan fingerprint density at radius 3 is 2.41 bits per heavy atom. The maximum atomic E-state index is 12.6. The lowest BCUT2D eigenvalue weighted by atomic mass is 9.74. The van der Waals surface area contributed by atoms with E-state index in [1.165, 1.54) is 0 Å². The first-order chi connectivity index (χ1) is 15.5. The van der Waals surface area contributed by atoms with Gasteiger partial charge in [0.1, 0.15) is 6.54 Å². The molecule has 3 aliphatic rings.